The molecule has 5 heteroatoms. The van der Waals surface area contributed by atoms with E-state index in [0.29, 0.717) is 11.1 Å². The average molecular weight is 334 g/mol. The van der Waals surface area contributed by atoms with Gasteiger partial charge in [0.15, 0.2) is 0 Å². The van der Waals surface area contributed by atoms with Crippen molar-refractivity contribution in [1.82, 2.24) is 4.57 Å². The summed E-state index contributed by atoms with van der Waals surface area (Å²) in [5.41, 5.74) is 2.73. The molecule has 0 saturated heterocycles. The van der Waals surface area contributed by atoms with Crippen molar-refractivity contribution in [2.45, 2.75) is 6.54 Å². The second kappa shape index (κ2) is 7.02. The van der Waals surface area contributed by atoms with Crippen molar-refractivity contribution in [2.24, 2.45) is 0 Å². The van der Waals surface area contributed by atoms with E-state index in [0.717, 1.165) is 16.5 Å². The molecule has 124 valence electrons. The van der Waals surface area contributed by atoms with Gasteiger partial charge in [0.2, 0.25) is 0 Å². The molecule has 1 heterocycles. The van der Waals surface area contributed by atoms with Crippen LogP contribution in [0.3, 0.4) is 0 Å². The number of methoxy groups -OCH3 is 1. The van der Waals surface area contributed by atoms with Crippen LogP contribution in [-0.4, -0.2) is 17.6 Å². The van der Waals surface area contributed by atoms with E-state index < -0.39 is 0 Å². The minimum absolute atomic E-state index is 0.0866. The molecule has 0 spiro atoms. The summed E-state index contributed by atoms with van der Waals surface area (Å²) in [7, 11) is 1.34. The van der Waals surface area contributed by atoms with Crippen molar-refractivity contribution in [3.8, 4) is 6.07 Å². The van der Waals surface area contributed by atoms with E-state index in [1.165, 1.54) is 19.2 Å². The SMILES string of the molecule is COC(=O)Cn1cc(/C=C(/C#N)c2ccc(F)cc2)c2ccccc21. The second-order valence-electron chi connectivity index (χ2n) is 5.48. The van der Waals surface area contributed by atoms with Crippen molar-refractivity contribution >= 4 is 28.5 Å². The number of nitrogens with zero attached hydrogens (tertiary/aromatic N) is 2. The van der Waals surface area contributed by atoms with E-state index in [9.17, 15) is 14.4 Å². The van der Waals surface area contributed by atoms with Crippen LogP contribution in [0.25, 0.3) is 22.6 Å². The minimum atomic E-state index is -0.352. The number of nitriles is 1. The molecule has 0 aliphatic carbocycles. The second-order valence-corrected chi connectivity index (χ2v) is 5.48. The number of carbonyl (C=O) groups excluding carboxylic acids is 1. The number of ether oxygens (including phenoxy) is 1. The Morgan fingerprint density at radius 3 is 2.64 bits per heavy atom. The Kier molecular flexibility index (Phi) is 4.62. The normalized spacial score (nSPS) is 11.3. The molecular formula is C20H15FN2O2. The maximum absolute atomic E-state index is 13.1. The van der Waals surface area contributed by atoms with Crippen LogP contribution >= 0.6 is 0 Å². The molecule has 0 radical (unpaired) electrons. The smallest absolute Gasteiger partial charge is 0.325 e. The van der Waals surface area contributed by atoms with Crippen molar-refractivity contribution in [3.63, 3.8) is 0 Å². The first kappa shape index (κ1) is 16.5. The van der Waals surface area contributed by atoms with Gasteiger partial charge in [0.25, 0.3) is 0 Å². The first-order chi connectivity index (χ1) is 12.1. The van der Waals surface area contributed by atoms with Crippen molar-refractivity contribution in [1.29, 1.82) is 5.26 Å². The molecule has 1 aromatic heterocycles. The highest BCUT2D eigenvalue weighted by molar-refractivity contribution is 5.98. The van der Waals surface area contributed by atoms with Gasteiger partial charge >= 0.3 is 5.97 Å². The predicted octanol–water partition coefficient (Wildman–Crippen LogP) is 4.02. The van der Waals surface area contributed by atoms with Crippen LogP contribution in [0.2, 0.25) is 0 Å². The molecule has 3 rings (SSSR count). The van der Waals surface area contributed by atoms with Gasteiger partial charge in [-0.2, -0.15) is 5.26 Å². The first-order valence-electron chi connectivity index (χ1n) is 7.65. The zero-order valence-corrected chi connectivity index (χ0v) is 13.6. The van der Waals surface area contributed by atoms with Gasteiger partial charge in [-0.1, -0.05) is 30.3 Å². The molecule has 0 atom stereocenters. The zero-order valence-electron chi connectivity index (χ0n) is 13.6. The Labute approximate surface area is 144 Å². The standard InChI is InChI=1S/C20H15FN2O2/c1-25-20(24)13-23-12-16(18-4-2-3-5-19(18)23)10-15(11-22)14-6-8-17(21)9-7-14/h2-10,12H,13H2,1H3/b15-10-. The lowest BCUT2D eigenvalue weighted by molar-refractivity contribution is -0.141. The lowest BCUT2D eigenvalue weighted by Crippen LogP contribution is -2.10. The van der Waals surface area contributed by atoms with E-state index >= 15 is 0 Å². The number of allylic oxidation sites excluding steroid dienone is 1. The summed E-state index contributed by atoms with van der Waals surface area (Å²) in [4.78, 5) is 11.6. The molecule has 0 N–H and O–H groups in total. The van der Waals surface area contributed by atoms with Crippen LogP contribution in [0, 0.1) is 17.1 Å². The van der Waals surface area contributed by atoms with Gasteiger partial charge in [-0.05, 0) is 29.8 Å². The Morgan fingerprint density at radius 2 is 1.96 bits per heavy atom. The van der Waals surface area contributed by atoms with Crippen LogP contribution in [-0.2, 0) is 16.1 Å². The number of aromatic nitrogens is 1. The number of halogens is 1. The van der Waals surface area contributed by atoms with Crippen LogP contribution in [0.1, 0.15) is 11.1 Å². The molecule has 0 aliphatic rings. The van der Waals surface area contributed by atoms with Crippen LogP contribution < -0.4 is 0 Å². The number of carbonyl (C=O) groups is 1. The number of benzene rings is 2. The van der Waals surface area contributed by atoms with Crippen LogP contribution in [0.15, 0.2) is 54.7 Å². The van der Waals surface area contributed by atoms with Crippen LogP contribution in [0.5, 0.6) is 0 Å². The molecule has 3 aromatic rings. The third kappa shape index (κ3) is 3.43. The Balaban J connectivity index is 2.10. The number of hydrogen-bond donors (Lipinski definition) is 0. The van der Waals surface area contributed by atoms with Gasteiger partial charge in [0, 0.05) is 22.7 Å². The highest BCUT2D eigenvalue weighted by Crippen LogP contribution is 2.26. The molecular weight excluding hydrogens is 319 g/mol. The zero-order chi connectivity index (χ0) is 17.8. The third-order valence-corrected chi connectivity index (χ3v) is 3.92. The summed E-state index contributed by atoms with van der Waals surface area (Å²) in [5.74, 6) is -0.703. The van der Waals surface area contributed by atoms with Gasteiger partial charge in [-0.25, -0.2) is 4.39 Å². The summed E-state index contributed by atoms with van der Waals surface area (Å²) in [5, 5.41) is 10.4. The largest absolute Gasteiger partial charge is 0.468 e. The number of hydrogen-bond acceptors (Lipinski definition) is 3. The van der Waals surface area contributed by atoms with E-state index in [-0.39, 0.29) is 18.3 Å². The minimum Gasteiger partial charge on any atom is -0.468 e. The van der Waals surface area contributed by atoms with E-state index in [4.69, 9.17) is 4.74 Å². The average Bonchev–Trinajstić information content (AvgIpc) is 2.98. The summed E-state index contributed by atoms with van der Waals surface area (Å²) < 4.78 is 19.6. The number of fused-ring (bicyclic) bond motifs is 1. The number of rotatable bonds is 4. The Morgan fingerprint density at radius 1 is 1.24 bits per heavy atom. The molecule has 0 saturated carbocycles. The van der Waals surface area contributed by atoms with E-state index in [2.05, 4.69) is 6.07 Å². The highest BCUT2D eigenvalue weighted by Gasteiger charge is 2.11. The van der Waals surface area contributed by atoms with Crippen molar-refractivity contribution in [3.05, 3.63) is 71.7 Å². The molecule has 0 fully saturated rings. The highest BCUT2D eigenvalue weighted by atomic mass is 19.1. The third-order valence-electron chi connectivity index (χ3n) is 3.92. The van der Waals surface area contributed by atoms with Crippen molar-refractivity contribution < 1.29 is 13.9 Å². The molecule has 2 aromatic carbocycles. The first-order valence-corrected chi connectivity index (χ1v) is 7.65. The van der Waals surface area contributed by atoms with Crippen molar-refractivity contribution in [2.75, 3.05) is 7.11 Å². The Hall–Kier alpha value is -3.39. The van der Waals surface area contributed by atoms with Gasteiger partial charge < -0.3 is 9.30 Å². The number of para-hydroxylation sites is 1. The fourth-order valence-corrected chi connectivity index (χ4v) is 2.69. The molecule has 4 nitrogen and oxygen atoms in total. The van der Waals surface area contributed by atoms with Gasteiger partial charge in [-0.3, -0.25) is 4.79 Å². The van der Waals surface area contributed by atoms with Gasteiger partial charge in [0.1, 0.15) is 12.4 Å². The fourth-order valence-electron chi connectivity index (χ4n) is 2.69. The maximum Gasteiger partial charge on any atom is 0.325 e. The van der Waals surface area contributed by atoms with E-state index in [1.54, 1.807) is 22.8 Å². The Bertz CT molecular complexity index is 995. The summed E-state index contributed by atoms with van der Waals surface area (Å²) in [6.07, 6.45) is 3.55. The number of esters is 1. The van der Waals surface area contributed by atoms with Gasteiger partial charge in [-0.15, -0.1) is 0 Å². The summed E-state index contributed by atoms with van der Waals surface area (Å²) in [6.45, 7) is 0.0866. The summed E-state index contributed by atoms with van der Waals surface area (Å²) in [6, 6.07) is 15.5. The lowest BCUT2D eigenvalue weighted by Gasteiger charge is -2.02. The molecule has 0 bridgehead atoms. The van der Waals surface area contributed by atoms with Crippen LogP contribution in [0.4, 0.5) is 4.39 Å². The van der Waals surface area contributed by atoms with Gasteiger partial charge in [0.05, 0.1) is 18.8 Å². The molecule has 0 amide bonds. The van der Waals surface area contributed by atoms with E-state index in [1.807, 2.05) is 30.5 Å². The fraction of sp³-hybridized carbons (Fsp3) is 0.100. The maximum atomic E-state index is 13.1. The molecule has 0 aliphatic heterocycles. The monoisotopic (exact) mass is 334 g/mol. The lowest BCUT2D eigenvalue weighted by atomic mass is 10.0. The topological polar surface area (TPSA) is 55.0 Å². The quantitative estimate of drug-likeness (QED) is 0.535. The summed E-state index contributed by atoms with van der Waals surface area (Å²) >= 11 is 0. The molecule has 25 heavy (non-hydrogen) atoms. The predicted molar refractivity (Wildman–Crippen MR) is 93.8 cm³/mol. The molecule has 0 unspecified atom stereocenters.